The van der Waals surface area contributed by atoms with E-state index in [0.717, 1.165) is 39.0 Å². The predicted octanol–water partition coefficient (Wildman–Crippen LogP) is 12.9. The van der Waals surface area contributed by atoms with Crippen molar-refractivity contribution in [2.75, 3.05) is 16.8 Å². The van der Waals surface area contributed by atoms with Crippen LogP contribution in [0.4, 0.5) is 17.1 Å². The predicted molar refractivity (Wildman–Crippen MR) is 239 cm³/mol. The Kier molecular flexibility index (Phi) is 8.12. The zero-order chi connectivity index (χ0) is 39.6. The van der Waals surface area contributed by atoms with Crippen LogP contribution in [-0.2, 0) is 31.9 Å². The molecule has 60 heavy (non-hydrogen) atoms. The van der Waals surface area contributed by atoms with Crippen molar-refractivity contribution in [3.05, 3.63) is 204 Å². The molecule has 6 heteroatoms. The molecule has 0 fully saturated rings. The SMILES string of the molecule is CN1[CH-]N2c3[c-]c(Oc4[c-]c5c(cc4)c4ccccc4n5-c4ccccn4)ccc3C3(c4cc(C(C)(C)C)ccc4-c4cccc(-c5ccccc5)c43)c3cccc1c32.[Pt]. The Labute approximate surface area is 364 Å². The summed E-state index contributed by atoms with van der Waals surface area (Å²) < 4.78 is 8.98. The molecule has 1 unspecified atom stereocenters. The van der Waals surface area contributed by atoms with Gasteiger partial charge in [-0.15, -0.1) is 35.2 Å². The van der Waals surface area contributed by atoms with Crippen LogP contribution in [-0.4, -0.2) is 16.6 Å². The summed E-state index contributed by atoms with van der Waals surface area (Å²) in [6.07, 6.45) is 1.83. The molecule has 0 saturated heterocycles. The molecule has 5 nitrogen and oxygen atoms in total. The third kappa shape index (κ3) is 5.05. The summed E-state index contributed by atoms with van der Waals surface area (Å²) in [5, 5.41) is 2.24. The zero-order valence-corrected chi connectivity index (χ0v) is 35.9. The van der Waals surface area contributed by atoms with Gasteiger partial charge in [0.2, 0.25) is 0 Å². The Hall–Kier alpha value is -6.42. The van der Waals surface area contributed by atoms with Gasteiger partial charge in [0.05, 0.1) is 0 Å². The van der Waals surface area contributed by atoms with Crippen LogP contribution in [0.25, 0.3) is 49.9 Å². The van der Waals surface area contributed by atoms with Gasteiger partial charge in [-0.05, 0) is 86.6 Å². The van der Waals surface area contributed by atoms with E-state index in [4.69, 9.17) is 9.72 Å². The Morgan fingerprint density at radius 2 is 1.42 bits per heavy atom. The van der Waals surface area contributed by atoms with Crippen molar-refractivity contribution >= 4 is 38.9 Å². The molecule has 9 aromatic rings. The van der Waals surface area contributed by atoms with Crippen molar-refractivity contribution in [2.24, 2.45) is 0 Å². The van der Waals surface area contributed by atoms with E-state index in [1.165, 1.54) is 55.8 Å². The van der Waals surface area contributed by atoms with E-state index < -0.39 is 5.41 Å². The van der Waals surface area contributed by atoms with E-state index in [1.807, 2.05) is 30.5 Å². The first-order valence-corrected chi connectivity index (χ1v) is 20.3. The maximum Gasteiger partial charge on any atom is 0.135 e. The average molecular weight is 955 g/mol. The molecule has 4 heterocycles. The fourth-order valence-corrected chi connectivity index (χ4v) is 10.1. The second kappa shape index (κ2) is 13.3. The molecule has 1 aliphatic carbocycles. The third-order valence-corrected chi connectivity index (χ3v) is 12.6. The van der Waals surface area contributed by atoms with E-state index in [2.05, 4.69) is 188 Å². The summed E-state index contributed by atoms with van der Waals surface area (Å²) in [7, 11) is 2.13. The van der Waals surface area contributed by atoms with E-state index in [-0.39, 0.29) is 26.5 Å². The molecule has 12 rings (SSSR count). The van der Waals surface area contributed by atoms with Crippen molar-refractivity contribution in [1.29, 1.82) is 0 Å². The maximum absolute atomic E-state index is 6.81. The van der Waals surface area contributed by atoms with Gasteiger partial charge in [-0.25, -0.2) is 4.98 Å². The quantitative estimate of drug-likeness (QED) is 0.165. The van der Waals surface area contributed by atoms with Gasteiger partial charge < -0.3 is 19.1 Å². The van der Waals surface area contributed by atoms with Gasteiger partial charge in [-0.1, -0.05) is 135 Å². The molecule has 0 N–H and O–H groups in total. The molecule has 0 radical (unpaired) electrons. The zero-order valence-electron chi connectivity index (χ0n) is 33.6. The number of nitrogens with zero attached hydrogens (tertiary/aromatic N) is 4. The number of pyridine rings is 1. The second-order valence-corrected chi connectivity index (χ2v) is 16.9. The van der Waals surface area contributed by atoms with Gasteiger partial charge in [0.15, 0.2) is 0 Å². The molecule has 1 atom stereocenters. The number of fused-ring (bicyclic) bond motifs is 12. The molecule has 3 aliphatic rings. The van der Waals surface area contributed by atoms with E-state index in [0.29, 0.717) is 11.5 Å². The summed E-state index contributed by atoms with van der Waals surface area (Å²) in [4.78, 5) is 9.27. The largest absolute Gasteiger partial charge is 0.509 e. The average Bonchev–Trinajstić information content (AvgIpc) is 3.89. The van der Waals surface area contributed by atoms with Crippen LogP contribution in [0.5, 0.6) is 11.5 Å². The fraction of sp³-hybridized carbons (Fsp3) is 0.111. The van der Waals surface area contributed by atoms with E-state index in [1.54, 1.807) is 0 Å². The van der Waals surface area contributed by atoms with Gasteiger partial charge in [0.25, 0.3) is 0 Å². The van der Waals surface area contributed by atoms with Crippen LogP contribution in [0.15, 0.2) is 158 Å². The van der Waals surface area contributed by atoms with E-state index in [9.17, 15) is 0 Å². The molecule has 0 amide bonds. The van der Waals surface area contributed by atoms with Crippen molar-refractivity contribution < 1.29 is 25.8 Å². The number of ether oxygens (including phenoxy) is 1. The first-order valence-electron chi connectivity index (χ1n) is 20.3. The molecule has 2 aromatic heterocycles. The maximum atomic E-state index is 6.81. The molecule has 7 aromatic carbocycles. The summed E-state index contributed by atoms with van der Waals surface area (Å²) in [6, 6.07) is 62.1. The molecule has 2 aliphatic heterocycles. The molecular weight excluding hydrogens is 916 g/mol. The van der Waals surface area contributed by atoms with Crippen LogP contribution in [0.3, 0.4) is 0 Å². The summed E-state index contributed by atoms with van der Waals surface area (Å²) in [5.74, 6) is 2.07. The monoisotopic (exact) mass is 954 g/mol. The van der Waals surface area contributed by atoms with Gasteiger partial charge >= 0.3 is 0 Å². The number of hydrogen-bond acceptors (Lipinski definition) is 4. The van der Waals surface area contributed by atoms with Crippen LogP contribution in [0, 0.1) is 18.8 Å². The number of para-hydroxylation sites is 2. The molecule has 0 bridgehead atoms. The van der Waals surface area contributed by atoms with Crippen LogP contribution >= 0.6 is 0 Å². The Morgan fingerprint density at radius 3 is 2.25 bits per heavy atom. The minimum atomic E-state index is -0.641. The summed E-state index contributed by atoms with van der Waals surface area (Å²) >= 11 is 0. The van der Waals surface area contributed by atoms with Gasteiger partial charge in [-0.3, -0.25) is 0 Å². The standard InChI is InChI=1S/C54H39N4O.Pt/c1-53(2,3)35-23-26-39-42-18-12-17-38(34-14-6-5-7-15-34)51(42)54(45(39)30-35)43-28-25-37(32-49(43)57-33-56(4)47-21-13-19-44(54)52(47)57)59-36-24-27-41-40-16-8-9-20-46(40)58(48(41)31-36)50-22-10-11-29-55-50;/h5-30,33H,1-4H3;/q-3;. The van der Waals surface area contributed by atoms with Crippen molar-refractivity contribution in [3.63, 3.8) is 0 Å². The normalized spacial score (nSPS) is 15.8. The van der Waals surface area contributed by atoms with Crippen LogP contribution in [0.1, 0.15) is 48.6 Å². The van der Waals surface area contributed by atoms with Crippen molar-refractivity contribution in [1.82, 2.24) is 9.55 Å². The number of anilines is 3. The van der Waals surface area contributed by atoms with Gasteiger partial charge in [0, 0.05) is 61.1 Å². The second-order valence-electron chi connectivity index (χ2n) is 16.9. The van der Waals surface area contributed by atoms with Crippen LogP contribution in [0.2, 0.25) is 0 Å². The van der Waals surface area contributed by atoms with Gasteiger partial charge in [-0.2, -0.15) is 18.8 Å². The van der Waals surface area contributed by atoms with Crippen molar-refractivity contribution in [3.8, 4) is 39.6 Å². The number of hydrogen-bond donors (Lipinski definition) is 0. The smallest absolute Gasteiger partial charge is 0.135 e. The Morgan fingerprint density at radius 1 is 0.650 bits per heavy atom. The molecule has 0 saturated carbocycles. The van der Waals surface area contributed by atoms with Crippen molar-refractivity contribution in [2.45, 2.75) is 31.6 Å². The summed E-state index contributed by atoms with van der Waals surface area (Å²) in [5.41, 5.74) is 15.9. The topological polar surface area (TPSA) is 33.5 Å². The fourth-order valence-electron chi connectivity index (χ4n) is 10.1. The number of aromatic nitrogens is 2. The minimum Gasteiger partial charge on any atom is -0.509 e. The minimum absolute atomic E-state index is 0. The first-order chi connectivity index (χ1) is 28.8. The Bertz CT molecular complexity index is 3190. The van der Waals surface area contributed by atoms with E-state index >= 15 is 0 Å². The summed E-state index contributed by atoms with van der Waals surface area (Å²) in [6.45, 7) is 9.11. The van der Waals surface area contributed by atoms with Crippen LogP contribution < -0.4 is 14.5 Å². The van der Waals surface area contributed by atoms with Gasteiger partial charge in [0.1, 0.15) is 5.82 Å². The number of rotatable bonds is 4. The Balaban J connectivity index is 0.00000408. The first kappa shape index (κ1) is 36.6. The number of benzene rings is 7. The molecular formula is C54H39N4OPt-3. The molecule has 294 valence electrons. The molecule has 1 spiro atoms. The third-order valence-electron chi connectivity index (χ3n) is 12.6.